The maximum absolute atomic E-state index is 13.6. The molecule has 2 aromatic rings. The standard InChI is InChI=1S/C16H15F2N3O2S/c1-23-14-7-6-10(8-12(14)18)9-15(22)20-21-16(24)19-13-5-3-2-4-11(13)17/h2-8H,9H2,1H3,(H,20,22)(H2,19,21,24). The van der Waals surface area contributed by atoms with E-state index in [0.717, 1.165) is 0 Å². The fraction of sp³-hybridized carbons (Fsp3) is 0.125. The number of benzene rings is 2. The Morgan fingerprint density at radius 1 is 1.12 bits per heavy atom. The molecule has 0 atom stereocenters. The van der Waals surface area contributed by atoms with E-state index in [1.807, 2.05) is 0 Å². The molecule has 3 N–H and O–H groups in total. The first-order chi connectivity index (χ1) is 11.5. The first-order valence-corrected chi connectivity index (χ1v) is 7.33. The molecule has 0 saturated carbocycles. The Morgan fingerprint density at radius 2 is 1.88 bits per heavy atom. The second kappa shape index (κ2) is 8.21. The molecular formula is C16H15F2N3O2S. The third-order valence-corrected chi connectivity index (χ3v) is 3.22. The zero-order valence-corrected chi connectivity index (χ0v) is 13.5. The van der Waals surface area contributed by atoms with Crippen molar-refractivity contribution in [3.8, 4) is 5.75 Å². The van der Waals surface area contributed by atoms with Crippen LogP contribution in [0, 0.1) is 11.6 Å². The molecule has 8 heteroatoms. The number of anilines is 1. The Hall–Kier alpha value is -2.74. The van der Waals surface area contributed by atoms with Crippen LogP contribution in [-0.4, -0.2) is 18.1 Å². The largest absolute Gasteiger partial charge is 0.494 e. The van der Waals surface area contributed by atoms with Crippen LogP contribution in [0.2, 0.25) is 0 Å². The molecule has 5 nitrogen and oxygen atoms in total. The SMILES string of the molecule is COc1ccc(CC(=O)NNC(=S)Nc2ccccc2F)cc1F. The summed E-state index contributed by atoms with van der Waals surface area (Å²) in [5, 5.41) is 2.63. The van der Waals surface area contributed by atoms with Gasteiger partial charge in [-0.25, -0.2) is 8.78 Å². The van der Waals surface area contributed by atoms with Gasteiger partial charge in [-0.3, -0.25) is 15.6 Å². The van der Waals surface area contributed by atoms with Crippen molar-refractivity contribution in [3.63, 3.8) is 0 Å². The maximum Gasteiger partial charge on any atom is 0.242 e. The highest BCUT2D eigenvalue weighted by Crippen LogP contribution is 2.17. The van der Waals surface area contributed by atoms with Crippen molar-refractivity contribution in [1.82, 2.24) is 10.9 Å². The lowest BCUT2D eigenvalue weighted by atomic mass is 10.1. The summed E-state index contributed by atoms with van der Waals surface area (Å²) in [6.45, 7) is 0. The average Bonchev–Trinajstić information content (AvgIpc) is 2.55. The molecule has 2 rings (SSSR count). The van der Waals surface area contributed by atoms with Gasteiger partial charge >= 0.3 is 0 Å². The van der Waals surface area contributed by atoms with Gasteiger partial charge in [0.1, 0.15) is 5.82 Å². The van der Waals surface area contributed by atoms with Crippen molar-refractivity contribution in [1.29, 1.82) is 0 Å². The number of nitrogens with one attached hydrogen (secondary N) is 3. The van der Waals surface area contributed by atoms with E-state index in [1.165, 1.54) is 31.4 Å². The molecule has 24 heavy (non-hydrogen) atoms. The second-order valence-corrected chi connectivity index (χ2v) is 5.16. The smallest absolute Gasteiger partial charge is 0.242 e. The molecule has 0 saturated heterocycles. The Kier molecular flexibility index (Phi) is 6.02. The minimum absolute atomic E-state index is 0.0226. The second-order valence-electron chi connectivity index (χ2n) is 4.75. The van der Waals surface area contributed by atoms with Gasteiger partial charge in [0.2, 0.25) is 5.91 Å². The molecule has 0 aliphatic carbocycles. The number of hydrogen-bond acceptors (Lipinski definition) is 3. The first-order valence-electron chi connectivity index (χ1n) is 6.92. The maximum atomic E-state index is 13.6. The number of methoxy groups -OCH3 is 1. The number of ether oxygens (including phenoxy) is 1. The van der Waals surface area contributed by atoms with Crippen molar-refractivity contribution in [3.05, 3.63) is 59.7 Å². The third kappa shape index (κ3) is 4.88. The lowest BCUT2D eigenvalue weighted by Gasteiger charge is -2.12. The summed E-state index contributed by atoms with van der Waals surface area (Å²) >= 11 is 4.95. The summed E-state index contributed by atoms with van der Waals surface area (Å²) in [7, 11) is 1.36. The highest BCUT2D eigenvalue weighted by atomic mass is 32.1. The van der Waals surface area contributed by atoms with Crippen molar-refractivity contribution < 1.29 is 18.3 Å². The minimum atomic E-state index is -0.549. The van der Waals surface area contributed by atoms with E-state index < -0.39 is 17.5 Å². The molecule has 0 heterocycles. The summed E-state index contributed by atoms with van der Waals surface area (Å²) in [6, 6.07) is 10.2. The van der Waals surface area contributed by atoms with Crippen LogP contribution in [0.3, 0.4) is 0 Å². The van der Waals surface area contributed by atoms with E-state index in [-0.39, 0.29) is 23.0 Å². The molecule has 0 aliphatic rings. The topological polar surface area (TPSA) is 62.4 Å². The van der Waals surface area contributed by atoms with Crippen molar-refractivity contribution in [2.24, 2.45) is 0 Å². The van der Waals surface area contributed by atoms with Gasteiger partial charge in [0, 0.05) is 0 Å². The highest BCUT2D eigenvalue weighted by Gasteiger charge is 2.08. The van der Waals surface area contributed by atoms with E-state index in [2.05, 4.69) is 16.2 Å². The number of halogens is 2. The first kappa shape index (κ1) is 17.6. The number of hydrazine groups is 1. The zero-order valence-electron chi connectivity index (χ0n) is 12.7. The van der Waals surface area contributed by atoms with Crippen LogP contribution in [0.5, 0.6) is 5.75 Å². The van der Waals surface area contributed by atoms with E-state index in [1.54, 1.807) is 18.2 Å². The van der Waals surface area contributed by atoms with Gasteiger partial charge in [-0.15, -0.1) is 0 Å². The molecule has 0 aromatic heterocycles. The van der Waals surface area contributed by atoms with Crippen molar-refractivity contribution in [2.45, 2.75) is 6.42 Å². The third-order valence-electron chi connectivity index (χ3n) is 3.02. The molecular weight excluding hydrogens is 336 g/mol. The van der Waals surface area contributed by atoms with E-state index in [9.17, 15) is 13.6 Å². The van der Waals surface area contributed by atoms with Gasteiger partial charge in [0.05, 0.1) is 19.2 Å². The van der Waals surface area contributed by atoms with Crippen LogP contribution in [0.25, 0.3) is 0 Å². The van der Waals surface area contributed by atoms with E-state index >= 15 is 0 Å². The number of carbonyl (C=O) groups excluding carboxylic acids is 1. The predicted molar refractivity (Wildman–Crippen MR) is 90.6 cm³/mol. The van der Waals surface area contributed by atoms with Gasteiger partial charge < -0.3 is 10.1 Å². The van der Waals surface area contributed by atoms with E-state index in [0.29, 0.717) is 5.56 Å². The van der Waals surface area contributed by atoms with Gasteiger partial charge in [-0.05, 0) is 42.0 Å². The summed E-state index contributed by atoms with van der Waals surface area (Å²) in [4.78, 5) is 11.8. The van der Waals surface area contributed by atoms with Gasteiger partial charge in [-0.1, -0.05) is 18.2 Å². The number of para-hydroxylation sites is 1. The van der Waals surface area contributed by atoms with Crippen LogP contribution >= 0.6 is 12.2 Å². The predicted octanol–water partition coefficient (Wildman–Crippen LogP) is 2.53. The lowest BCUT2D eigenvalue weighted by molar-refractivity contribution is -0.120. The highest BCUT2D eigenvalue weighted by molar-refractivity contribution is 7.80. The van der Waals surface area contributed by atoms with E-state index in [4.69, 9.17) is 17.0 Å². The number of amides is 1. The molecule has 0 unspecified atom stereocenters. The lowest BCUT2D eigenvalue weighted by Crippen LogP contribution is -2.44. The van der Waals surface area contributed by atoms with Crippen LogP contribution in [0.4, 0.5) is 14.5 Å². The van der Waals surface area contributed by atoms with Gasteiger partial charge in [-0.2, -0.15) is 0 Å². The Labute approximate surface area is 143 Å². The Bertz CT molecular complexity index is 756. The van der Waals surface area contributed by atoms with Crippen molar-refractivity contribution >= 4 is 28.9 Å². The molecule has 0 bridgehead atoms. The Balaban J connectivity index is 1.83. The van der Waals surface area contributed by atoms with Gasteiger partial charge in [0.15, 0.2) is 16.7 Å². The molecule has 2 aromatic carbocycles. The fourth-order valence-electron chi connectivity index (χ4n) is 1.89. The minimum Gasteiger partial charge on any atom is -0.494 e. The van der Waals surface area contributed by atoms with Crippen molar-refractivity contribution in [2.75, 3.05) is 12.4 Å². The Morgan fingerprint density at radius 3 is 2.54 bits per heavy atom. The molecule has 126 valence electrons. The number of thiocarbonyl (C=S) groups is 1. The summed E-state index contributed by atoms with van der Waals surface area (Å²) < 4.78 is 31.8. The zero-order chi connectivity index (χ0) is 17.5. The van der Waals surface area contributed by atoms with Crippen LogP contribution < -0.4 is 20.9 Å². The summed E-state index contributed by atoms with van der Waals surface area (Å²) in [5.41, 5.74) is 5.46. The molecule has 0 aliphatic heterocycles. The molecule has 0 radical (unpaired) electrons. The number of rotatable bonds is 4. The summed E-state index contributed by atoms with van der Waals surface area (Å²) in [5.74, 6) is -1.35. The normalized spacial score (nSPS) is 9.96. The quantitative estimate of drug-likeness (QED) is 0.584. The van der Waals surface area contributed by atoms with Crippen LogP contribution in [0.1, 0.15) is 5.56 Å². The monoisotopic (exact) mass is 351 g/mol. The average molecular weight is 351 g/mol. The number of hydrogen-bond donors (Lipinski definition) is 3. The van der Waals surface area contributed by atoms with Crippen LogP contribution in [0.15, 0.2) is 42.5 Å². The van der Waals surface area contributed by atoms with Gasteiger partial charge in [0.25, 0.3) is 0 Å². The molecule has 0 spiro atoms. The number of carbonyl (C=O) groups is 1. The summed E-state index contributed by atoms with van der Waals surface area (Å²) in [6.07, 6.45) is -0.0593. The molecule has 1 amide bonds. The fourth-order valence-corrected chi connectivity index (χ4v) is 2.05. The molecule has 0 fully saturated rings. The van der Waals surface area contributed by atoms with Crippen LogP contribution in [-0.2, 0) is 11.2 Å².